The highest BCUT2D eigenvalue weighted by Gasteiger charge is 2.06. The maximum atomic E-state index is 11.7. The fourth-order valence-electron chi connectivity index (χ4n) is 1.88. The minimum absolute atomic E-state index is 0.0401. The highest BCUT2D eigenvalue weighted by atomic mass is 16.6. The van der Waals surface area contributed by atoms with Crippen LogP contribution in [0.3, 0.4) is 0 Å². The molecular weight excluding hydrogens is 324 g/mol. The molecule has 2 aromatic carbocycles. The molecule has 0 saturated heterocycles. The lowest BCUT2D eigenvalue weighted by molar-refractivity contribution is -0.384. The van der Waals surface area contributed by atoms with Crippen molar-refractivity contribution in [2.75, 3.05) is 25.6 Å². The normalized spacial score (nSPS) is 10.5. The first-order valence-electron chi connectivity index (χ1n) is 7.42. The molecule has 0 radical (unpaired) electrons. The topological polar surface area (TPSA) is 97.1 Å². The van der Waals surface area contributed by atoms with Crippen molar-refractivity contribution >= 4 is 23.5 Å². The highest BCUT2D eigenvalue weighted by Crippen LogP contribution is 2.17. The van der Waals surface area contributed by atoms with Gasteiger partial charge in [-0.05, 0) is 29.8 Å². The molecule has 0 aliphatic carbocycles. The van der Waals surface area contributed by atoms with E-state index < -0.39 is 10.8 Å². The third-order valence-corrected chi connectivity index (χ3v) is 3.23. The second-order valence-corrected chi connectivity index (χ2v) is 5.32. The van der Waals surface area contributed by atoms with Crippen LogP contribution in [0.25, 0.3) is 0 Å². The lowest BCUT2D eigenvalue weighted by Gasteiger charge is -2.11. The number of hydrogen-bond donors (Lipinski definition) is 1. The number of rotatable bonds is 7. The summed E-state index contributed by atoms with van der Waals surface area (Å²) >= 11 is 0. The Balaban J connectivity index is 1.79. The molecule has 0 heterocycles. The van der Waals surface area contributed by atoms with Gasteiger partial charge >= 0.3 is 0 Å². The van der Waals surface area contributed by atoms with E-state index in [0.717, 1.165) is 11.3 Å². The number of anilines is 1. The maximum Gasteiger partial charge on any atom is 0.277 e. The van der Waals surface area contributed by atoms with Gasteiger partial charge in [0.15, 0.2) is 6.61 Å². The number of hydrazone groups is 1. The number of nitrogens with zero attached hydrogens (tertiary/aromatic N) is 3. The number of benzene rings is 2. The van der Waals surface area contributed by atoms with Crippen LogP contribution in [0, 0.1) is 10.1 Å². The van der Waals surface area contributed by atoms with Crippen LogP contribution in [0.1, 0.15) is 5.56 Å². The molecule has 0 fully saturated rings. The van der Waals surface area contributed by atoms with Gasteiger partial charge in [0.2, 0.25) is 0 Å². The number of hydrogen-bond acceptors (Lipinski definition) is 6. The Morgan fingerprint density at radius 2 is 1.84 bits per heavy atom. The Kier molecular flexibility index (Phi) is 6.05. The zero-order valence-electron chi connectivity index (χ0n) is 13.9. The van der Waals surface area contributed by atoms with Crippen molar-refractivity contribution in [3.05, 3.63) is 64.2 Å². The molecule has 25 heavy (non-hydrogen) atoms. The van der Waals surface area contributed by atoms with Crippen molar-refractivity contribution in [1.29, 1.82) is 0 Å². The summed E-state index contributed by atoms with van der Waals surface area (Å²) in [5.41, 5.74) is 4.23. The van der Waals surface area contributed by atoms with Gasteiger partial charge in [0.05, 0.1) is 11.1 Å². The lowest BCUT2D eigenvalue weighted by atomic mass is 10.2. The number of nitrogens with one attached hydrogen (secondary N) is 1. The largest absolute Gasteiger partial charge is 0.484 e. The van der Waals surface area contributed by atoms with Crippen LogP contribution < -0.4 is 15.1 Å². The molecule has 0 unspecified atom stereocenters. The van der Waals surface area contributed by atoms with Gasteiger partial charge in [-0.15, -0.1) is 0 Å². The Labute approximate surface area is 144 Å². The molecule has 8 heteroatoms. The summed E-state index contributed by atoms with van der Waals surface area (Å²) in [7, 11) is 3.91. The zero-order chi connectivity index (χ0) is 18.2. The van der Waals surface area contributed by atoms with Crippen LogP contribution in [-0.4, -0.2) is 37.7 Å². The van der Waals surface area contributed by atoms with Crippen LogP contribution in [0.5, 0.6) is 5.75 Å². The summed E-state index contributed by atoms with van der Waals surface area (Å²) < 4.78 is 5.23. The summed E-state index contributed by atoms with van der Waals surface area (Å²) in [5, 5.41) is 14.4. The molecule has 0 aromatic heterocycles. The second-order valence-electron chi connectivity index (χ2n) is 5.32. The second kappa shape index (κ2) is 8.44. The smallest absolute Gasteiger partial charge is 0.277 e. The van der Waals surface area contributed by atoms with Crippen LogP contribution in [0.15, 0.2) is 53.6 Å². The van der Waals surface area contributed by atoms with Crippen molar-refractivity contribution < 1.29 is 14.5 Å². The van der Waals surface area contributed by atoms with E-state index in [0.29, 0.717) is 5.75 Å². The Morgan fingerprint density at radius 3 is 2.40 bits per heavy atom. The number of ether oxygens (including phenoxy) is 1. The van der Waals surface area contributed by atoms with E-state index in [1.54, 1.807) is 0 Å². The summed E-state index contributed by atoms with van der Waals surface area (Å²) in [6.07, 6.45) is 1.53. The van der Waals surface area contributed by atoms with Gasteiger partial charge in [0.25, 0.3) is 11.6 Å². The predicted molar refractivity (Wildman–Crippen MR) is 95.1 cm³/mol. The number of carbonyl (C=O) groups is 1. The molecule has 8 nitrogen and oxygen atoms in total. The molecule has 0 spiro atoms. The average molecular weight is 342 g/mol. The Morgan fingerprint density at radius 1 is 1.20 bits per heavy atom. The van der Waals surface area contributed by atoms with Gasteiger partial charge in [-0.25, -0.2) is 5.43 Å². The van der Waals surface area contributed by atoms with Crippen molar-refractivity contribution in [2.24, 2.45) is 5.10 Å². The van der Waals surface area contributed by atoms with E-state index >= 15 is 0 Å². The van der Waals surface area contributed by atoms with Crippen molar-refractivity contribution in [3.63, 3.8) is 0 Å². The first-order chi connectivity index (χ1) is 12.0. The van der Waals surface area contributed by atoms with E-state index in [2.05, 4.69) is 10.5 Å². The van der Waals surface area contributed by atoms with Gasteiger partial charge < -0.3 is 9.64 Å². The van der Waals surface area contributed by atoms with Crippen molar-refractivity contribution in [1.82, 2.24) is 5.43 Å². The van der Waals surface area contributed by atoms with Crippen LogP contribution in [0.4, 0.5) is 11.4 Å². The highest BCUT2D eigenvalue weighted by molar-refractivity contribution is 5.83. The SMILES string of the molecule is CN(C)c1ccc(C=NNC(=O)COc2ccc([N+](=O)[O-])cc2)cc1. The van der Waals surface area contributed by atoms with E-state index in [9.17, 15) is 14.9 Å². The molecule has 1 N–H and O–H groups in total. The van der Waals surface area contributed by atoms with E-state index in [1.165, 1.54) is 30.5 Å². The maximum absolute atomic E-state index is 11.7. The fraction of sp³-hybridized carbons (Fsp3) is 0.176. The van der Waals surface area contributed by atoms with Gasteiger partial charge in [-0.1, -0.05) is 12.1 Å². The van der Waals surface area contributed by atoms with Crippen molar-refractivity contribution in [3.8, 4) is 5.75 Å². The van der Waals surface area contributed by atoms with E-state index in [1.807, 2.05) is 43.3 Å². The number of carbonyl (C=O) groups excluding carboxylic acids is 1. The first kappa shape index (κ1) is 17.9. The van der Waals surface area contributed by atoms with Gasteiger partial charge in [-0.3, -0.25) is 14.9 Å². The van der Waals surface area contributed by atoms with Gasteiger partial charge in [0.1, 0.15) is 5.75 Å². The summed E-state index contributed by atoms with van der Waals surface area (Å²) in [6, 6.07) is 13.1. The summed E-state index contributed by atoms with van der Waals surface area (Å²) in [4.78, 5) is 23.7. The lowest BCUT2D eigenvalue weighted by Crippen LogP contribution is -2.24. The van der Waals surface area contributed by atoms with E-state index in [-0.39, 0.29) is 12.3 Å². The Bertz CT molecular complexity index is 755. The van der Waals surface area contributed by atoms with Crippen LogP contribution >= 0.6 is 0 Å². The monoisotopic (exact) mass is 342 g/mol. The number of nitro groups is 1. The number of non-ortho nitro benzene ring substituents is 1. The fourth-order valence-corrected chi connectivity index (χ4v) is 1.88. The van der Waals surface area contributed by atoms with E-state index in [4.69, 9.17) is 4.74 Å². The van der Waals surface area contributed by atoms with Crippen molar-refractivity contribution in [2.45, 2.75) is 0 Å². The Hall–Kier alpha value is -3.42. The molecule has 0 aliphatic rings. The number of nitro benzene ring substituents is 1. The van der Waals surface area contributed by atoms with Gasteiger partial charge in [-0.2, -0.15) is 5.10 Å². The summed E-state index contributed by atoms with van der Waals surface area (Å²) in [6.45, 7) is -0.241. The molecule has 1 amide bonds. The third kappa shape index (κ3) is 5.61. The first-order valence-corrected chi connectivity index (χ1v) is 7.42. The molecule has 130 valence electrons. The minimum atomic E-state index is -0.504. The predicted octanol–water partition coefficient (Wildman–Crippen LogP) is 2.19. The zero-order valence-corrected chi connectivity index (χ0v) is 13.9. The number of amides is 1. The average Bonchev–Trinajstić information content (AvgIpc) is 2.60. The van der Waals surface area contributed by atoms with Crippen LogP contribution in [0.2, 0.25) is 0 Å². The molecular formula is C17H18N4O4. The standard InChI is InChI=1S/C17H18N4O4/c1-20(2)14-5-3-13(4-6-14)11-18-19-17(22)12-25-16-9-7-15(8-10-16)21(23)24/h3-11H,12H2,1-2H3,(H,19,22). The quantitative estimate of drug-likeness (QED) is 0.472. The molecule has 0 aliphatic heterocycles. The van der Waals surface area contributed by atoms with Crippen LogP contribution in [-0.2, 0) is 4.79 Å². The minimum Gasteiger partial charge on any atom is -0.484 e. The molecule has 0 saturated carbocycles. The third-order valence-electron chi connectivity index (χ3n) is 3.23. The molecule has 0 atom stereocenters. The van der Waals surface area contributed by atoms with Gasteiger partial charge in [0, 0.05) is 31.9 Å². The molecule has 2 aromatic rings. The molecule has 0 bridgehead atoms. The molecule has 2 rings (SSSR count). The summed E-state index contributed by atoms with van der Waals surface area (Å²) in [5.74, 6) is -0.0662.